The van der Waals surface area contributed by atoms with E-state index in [2.05, 4.69) is 23.5 Å². The maximum Gasteiger partial charge on any atom is 0.124 e. The monoisotopic (exact) mass is 295 g/mol. The molecule has 100 valence electrons. The quantitative estimate of drug-likeness (QED) is 0.863. The number of benzene rings is 2. The van der Waals surface area contributed by atoms with Crippen LogP contribution in [0, 0.1) is 0 Å². The molecule has 1 unspecified atom stereocenters. The summed E-state index contributed by atoms with van der Waals surface area (Å²) < 4.78 is 5.74. The Bertz CT molecular complexity index is 542. The van der Waals surface area contributed by atoms with E-state index < -0.39 is 0 Å². The zero-order chi connectivity index (χ0) is 12.4. The standard InChI is InChI=1S/C15H14ClNO.ClH/c16-12-7-5-11(6-8-12)15-13-3-1-2-4-14(13)18-10-9-17-15;/h1-8,15,17H,9-10H2;1H. The van der Waals surface area contributed by atoms with Gasteiger partial charge in [0.2, 0.25) is 0 Å². The molecule has 0 saturated carbocycles. The molecule has 3 rings (SSSR count). The molecule has 4 heteroatoms. The highest BCUT2D eigenvalue weighted by Crippen LogP contribution is 2.31. The van der Waals surface area contributed by atoms with E-state index >= 15 is 0 Å². The fraction of sp³-hybridized carbons (Fsp3) is 0.200. The second-order valence-corrected chi connectivity index (χ2v) is 4.76. The molecule has 1 atom stereocenters. The summed E-state index contributed by atoms with van der Waals surface area (Å²) in [5.74, 6) is 0.961. The average molecular weight is 296 g/mol. The molecule has 0 amide bonds. The number of hydrogen-bond donors (Lipinski definition) is 1. The van der Waals surface area contributed by atoms with Gasteiger partial charge in [-0.3, -0.25) is 0 Å². The third kappa shape index (κ3) is 3.03. The Labute approximate surface area is 124 Å². The Kier molecular flexibility index (Phi) is 4.70. The van der Waals surface area contributed by atoms with Gasteiger partial charge in [0, 0.05) is 17.1 Å². The molecule has 0 aromatic heterocycles. The molecule has 19 heavy (non-hydrogen) atoms. The summed E-state index contributed by atoms with van der Waals surface area (Å²) in [5.41, 5.74) is 2.38. The molecule has 2 aromatic rings. The van der Waals surface area contributed by atoms with Gasteiger partial charge in [0.25, 0.3) is 0 Å². The van der Waals surface area contributed by atoms with Crippen molar-refractivity contribution in [3.63, 3.8) is 0 Å². The highest BCUT2D eigenvalue weighted by atomic mass is 35.5. The smallest absolute Gasteiger partial charge is 0.124 e. The Morgan fingerprint density at radius 1 is 1.05 bits per heavy atom. The molecule has 2 aromatic carbocycles. The first-order chi connectivity index (χ1) is 8.84. The summed E-state index contributed by atoms with van der Waals surface area (Å²) in [7, 11) is 0. The van der Waals surface area contributed by atoms with Crippen LogP contribution in [0.2, 0.25) is 5.02 Å². The van der Waals surface area contributed by atoms with E-state index in [4.69, 9.17) is 16.3 Å². The Morgan fingerprint density at radius 3 is 2.58 bits per heavy atom. The minimum atomic E-state index is 0. The maximum absolute atomic E-state index is 5.94. The van der Waals surface area contributed by atoms with E-state index in [1.807, 2.05) is 30.3 Å². The van der Waals surface area contributed by atoms with Gasteiger partial charge in [-0.1, -0.05) is 41.9 Å². The fourth-order valence-corrected chi connectivity index (χ4v) is 2.40. The number of ether oxygens (including phenoxy) is 1. The molecule has 0 bridgehead atoms. The van der Waals surface area contributed by atoms with Gasteiger partial charge >= 0.3 is 0 Å². The normalized spacial score (nSPS) is 17.6. The van der Waals surface area contributed by atoms with E-state index in [-0.39, 0.29) is 18.4 Å². The van der Waals surface area contributed by atoms with Crippen LogP contribution in [0.15, 0.2) is 48.5 Å². The minimum Gasteiger partial charge on any atom is -0.492 e. The fourth-order valence-electron chi connectivity index (χ4n) is 2.28. The number of rotatable bonds is 1. The number of halogens is 2. The van der Waals surface area contributed by atoms with Crippen LogP contribution in [-0.4, -0.2) is 13.2 Å². The zero-order valence-corrected chi connectivity index (χ0v) is 11.9. The zero-order valence-electron chi connectivity index (χ0n) is 10.3. The highest BCUT2D eigenvalue weighted by molar-refractivity contribution is 6.30. The van der Waals surface area contributed by atoms with Crippen LogP contribution in [0.1, 0.15) is 17.2 Å². The maximum atomic E-state index is 5.94. The predicted octanol–water partition coefficient (Wildman–Crippen LogP) is 3.83. The summed E-state index contributed by atoms with van der Waals surface area (Å²) in [6.45, 7) is 1.53. The van der Waals surface area contributed by atoms with Crippen molar-refractivity contribution in [2.24, 2.45) is 0 Å². The molecule has 1 aliphatic rings. The highest BCUT2D eigenvalue weighted by Gasteiger charge is 2.20. The summed E-state index contributed by atoms with van der Waals surface area (Å²) >= 11 is 5.94. The van der Waals surface area contributed by atoms with Gasteiger partial charge < -0.3 is 10.1 Å². The molecule has 2 nitrogen and oxygen atoms in total. The van der Waals surface area contributed by atoms with E-state index in [9.17, 15) is 0 Å². The lowest BCUT2D eigenvalue weighted by Crippen LogP contribution is -2.23. The van der Waals surface area contributed by atoms with Gasteiger partial charge in [-0.05, 0) is 23.8 Å². The van der Waals surface area contributed by atoms with Gasteiger partial charge in [0.05, 0.1) is 6.04 Å². The first kappa shape index (κ1) is 14.2. The summed E-state index contributed by atoms with van der Waals surface area (Å²) in [6.07, 6.45) is 0. The number of hydrogen-bond acceptors (Lipinski definition) is 2. The molecule has 0 radical (unpaired) electrons. The van der Waals surface area contributed by atoms with Gasteiger partial charge in [0.1, 0.15) is 12.4 Å². The minimum absolute atomic E-state index is 0. The van der Waals surface area contributed by atoms with Gasteiger partial charge in [-0.15, -0.1) is 12.4 Å². The third-order valence-corrected chi connectivity index (χ3v) is 3.39. The topological polar surface area (TPSA) is 21.3 Å². The first-order valence-electron chi connectivity index (χ1n) is 6.05. The van der Waals surface area contributed by atoms with Crippen molar-refractivity contribution < 1.29 is 4.74 Å². The van der Waals surface area contributed by atoms with Gasteiger partial charge in [-0.2, -0.15) is 0 Å². The molecular formula is C15H15Cl2NO. The van der Waals surface area contributed by atoms with Gasteiger partial charge in [-0.25, -0.2) is 0 Å². The van der Waals surface area contributed by atoms with Crippen molar-refractivity contribution in [2.75, 3.05) is 13.2 Å². The molecule has 1 aliphatic heterocycles. The average Bonchev–Trinajstić information content (AvgIpc) is 2.62. The molecule has 1 heterocycles. The van der Waals surface area contributed by atoms with Crippen LogP contribution in [-0.2, 0) is 0 Å². The van der Waals surface area contributed by atoms with Crippen molar-refractivity contribution in [1.82, 2.24) is 5.32 Å². The van der Waals surface area contributed by atoms with Crippen LogP contribution in [0.3, 0.4) is 0 Å². The lowest BCUT2D eigenvalue weighted by molar-refractivity contribution is 0.325. The second kappa shape index (κ2) is 6.29. The van der Waals surface area contributed by atoms with Crippen LogP contribution in [0.5, 0.6) is 5.75 Å². The molecule has 0 fully saturated rings. The summed E-state index contributed by atoms with van der Waals surface area (Å²) in [6, 6.07) is 16.3. The van der Waals surface area contributed by atoms with E-state index in [0.717, 1.165) is 17.3 Å². The van der Waals surface area contributed by atoms with Crippen molar-refractivity contribution in [3.8, 4) is 5.75 Å². The SMILES string of the molecule is Cl.Clc1ccc(C2NCCOc3ccccc32)cc1. The first-order valence-corrected chi connectivity index (χ1v) is 6.43. The van der Waals surface area contributed by atoms with Crippen LogP contribution >= 0.6 is 24.0 Å². The largest absolute Gasteiger partial charge is 0.492 e. The third-order valence-electron chi connectivity index (χ3n) is 3.14. The Hall–Kier alpha value is -1.22. The summed E-state index contributed by atoms with van der Waals surface area (Å²) in [5, 5.41) is 4.27. The van der Waals surface area contributed by atoms with Gasteiger partial charge in [0.15, 0.2) is 0 Å². The van der Waals surface area contributed by atoms with E-state index in [0.29, 0.717) is 6.61 Å². The molecular weight excluding hydrogens is 281 g/mol. The summed E-state index contributed by atoms with van der Waals surface area (Å²) in [4.78, 5) is 0. The van der Waals surface area contributed by atoms with E-state index in [1.165, 1.54) is 11.1 Å². The Morgan fingerprint density at radius 2 is 1.79 bits per heavy atom. The molecule has 0 saturated heterocycles. The van der Waals surface area contributed by atoms with Crippen molar-refractivity contribution in [2.45, 2.75) is 6.04 Å². The number of fused-ring (bicyclic) bond motifs is 1. The van der Waals surface area contributed by atoms with Crippen molar-refractivity contribution in [1.29, 1.82) is 0 Å². The van der Waals surface area contributed by atoms with Crippen molar-refractivity contribution in [3.05, 3.63) is 64.7 Å². The lowest BCUT2D eigenvalue weighted by atomic mass is 9.98. The predicted molar refractivity (Wildman–Crippen MR) is 80.5 cm³/mol. The second-order valence-electron chi connectivity index (χ2n) is 4.32. The number of para-hydroxylation sites is 1. The van der Waals surface area contributed by atoms with E-state index in [1.54, 1.807) is 0 Å². The molecule has 0 aliphatic carbocycles. The Balaban J connectivity index is 0.00000133. The van der Waals surface area contributed by atoms with Crippen LogP contribution in [0.4, 0.5) is 0 Å². The molecule has 1 N–H and O–H groups in total. The van der Waals surface area contributed by atoms with Crippen LogP contribution in [0.25, 0.3) is 0 Å². The van der Waals surface area contributed by atoms with Crippen molar-refractivity contribution >= 4 is 24.0 Å². The van der Waals surface area contributed by atoms with Crippen LogP contribution < -0.4 is 10.1 Å². The number of nitrogens with one attached hydrogen (secondary N) is 1. The lowest BCUT2D eigenvalue weighted by Gasteiger charge is -2.18. The molecule has 0 spiro atoms.